The number of benzene rings is 2. The van der Waals surface area contributed by atoms with E-state index < -0.39 is 5.97 Å². The minimum Gasteiger partial charge on any atom is -0.462 e. The minimum absolute atomic E-state index is 0.297. The number of anilines is 1. The van der Waals surface area contributed by atoms with Gasteiger partial charge < -0.3 is 9.64 Å². The van der Waals surface area contributed by atoms with Crippen LogP contribution in [0.3, 0.4) is 0 Å². The van der Waals surface area contributed by atoms with Crippen molar-refractivity contribution in [3.8, 4) is 22.6 Å². The maximum Gasteiger partial charge on any atom is 0.344 e. The highest BCUT2D eigenvalue weighted by molar-refractivity contribution is 6.01. The number of carbonyl (C=O) groups excluding carboxylic acids is 1. The molecule has 3 aromatic rings. The van der Waals surface area contributed by atoms with Crippen molar-refractivity contribution in [1.29, 1.82) is 0 Å². The molecule has 5 nitrogen and oxygen atoms in total. The molecule has 0 aliphatic carbocycles. The molecule has 0 fully saturated rings. The summed E-state index contributed by atoms with van der Waals surface area (Å²) >= 11 is 0. The van der Waals surface area contributed by atoms with Gasteiger partial charge in [-0.15, -0.1) is 0 Å². The van der Waals surface area contributed by atoms with Crippen molar-refractivity contribution in [2.45, 2.75) is 20.8 Å². The topological polar surface area (TPSA) is 55.3 Å². The second kappa shape index (κ2) is 9.13. The molecule has 3 rings (SSSR count). The van der Waals surface area contributed by atoms with Crippen LogP contribution in [0.25, 0.3) is 22.6 Å². The Morgan fingerprint density at radius 1 is 0.857 bits per heavy atom. The monoisotopic (exact) mass is 375 g/mol. The highest BCUT2D eigenvalue weighted by Gasteiger charge is 2.26. The standard InChI is InChI=1S/C23H25N3O2/c1-4-26(5-2)22-19(23(27)28-6-3)20(17-13-9-7-10-14-17)24-21(25-22)18-15-11-8-12-16-18/h7-16H,4-6H2,1-3H3. The van der Waals surface area contributed by atoms with Crippen molar-refractivity contribution in [3.05, 3.63) is 66.2 Å². The summed E-state index contributed by atoms with van der Waals surface area (Å²) in [5, 5.41) is 0. The predicted molar refractivity (Wildman–Crippen MR) is 112 cm³/mol. The predicted octanol–water partition coefficient (Wildman–Crippen LogP) is 4.83. The third kappa shape index (κ3) is 4.03. The highest BCUT2D eigenvalue weighted by Crippen LogP contribution is 2.32. The van der Waals surface area contributed by atoms with Gasteiger partial charge in [0.25, 0.3) is 0 Å². The van der Waals surface area contributed by atoms with Crippen LogP contribution >= 0.6 is 0 Å². The molecule has 144 valence electrons. The molecule has 0 spiro atoms. The molecule has 0 bridgehead atoms. The lowest BCUT2D eigenvalue weighted by Crippen LogP contribution is -2.27. The summed E-state index contributed by atoms with van der Waals surface area (Å²) in [4.78, 5) is 24.6. The van der Waals surface area contributed by atoms with Crippen LogP contribution in [0, 0.1) is 0 Å². The van der Waals surface area contributed by atoms with Gasteiger partial charge in [-0.2, -0.15) is 0 Å². The van der Waals surface area contributed by atoms with E-state index in [1.807, 2.05) is 74.5 Å². The Morgan fingerprint density at radius 2 is 1.43 bits per heavy atom. The Kier molecular flexibility index (Phi) is 6.37. The van der Waals surface area contributed by atoms with Crippen molar-refractivity contribution in [2.75, 3.05) is 24.6 Å². The van der Waals surface area contributed by atoms with Gasteiger partial charge in [-0.05, 0) is 20.8 Å². The van der Waals surface area contributed by atoms with E-state index in [2.05, 4.69) is 4.90 Å². The maximum absolute atomic E-state index is 12.9. The molecule has 0 aliphatic rings. The highest BCUT2D eigenvalue weighted by atomic mass is 16.5. The van der Waals surface area contributed by atoms with Crippen LogP contribution < -0.4 is 4.90 Å². The quantitative estimate of drug-likeness (QED) is 0.554. The van der Waals surface area contributed by atoms with Crippen molar-refractivity contribution in [2.24, 2.45) is 0 Å². The van der Waals surface area contributed by atoms with E-state index in [-0.39, 0.29) is 0 Å². The number of esters is 1. The molecular weight excluding hydrogens is 350 g/mol. The van der Waals surface area contributed by atoms with Crippen LogP contribution in [-0.2, 0) is 4.74 Å². The Hall–Kier alpha value is -3.21. The van der Waals surface area contributed by atoms with Crippen LogP contribution in [0.1, 0.15) is 31.1 Å². The molecule has 5 heteroatoms. The van der Waals surface area contributed by atoms with Crippen LogP contribution in [0.5, 0.6) is 0 Å². The van der Waals surface area contributed by atoms with Gasteiger partial charge in [0.05, 0.1) is 12.3 Å². The second-order valence-corrected chi connectivity index (χ2v) is 6.22. The summed E-state index contributed by atoms with van der Waals surface area (Å²) in [6.07, 6.45) is 0. The summed E-state index contributed by atoms with van der Waals surface area (Å²) in [6, 6.07) is 19.5. The summed E-state index contributed by atoms with van der Waals surface area (Å²) < 4.78 is 5.37. The van der Waals surface area contributed by atoms with E-state index in [0.29, 0.717) is 29.5 Å². The first-order chi connectivity index (χ1) is 13.7. The van der Waals surface area contributed by atoms with Gasteiger partial charge >= 0.3 is 5.97 Å². The lowest BCUT2D eigenvalue weighted by Gasteiger charge is -2.24. The molecule has 0 unspecified atom stereocenters. The largest absolute Gasteiger partial charge is 0.462 e. The van der Waals surface area contributed by atoms with Gasteiger partial charge in [-0.3, -0.25) is 0 Å². The van der Waals surface area contributed by atoms with E-state index in [9.17, 15) is 4.79 Å². The first-order valence-corrected chi connectivity index (χ1v) is 9.64. The molecule has 1 aromatic heterocycles. The van der Waals surface area contributed by atoms with Gasteiger partial charge in [0.2, 0.25) is 0 Å². The van der Waals surface area contributed by atoms with Crippen molar-refractivity contribution in [1.82, 2.24) is 9.97 Å². The van der Waals surface area contributed by atoms with Gasteiger partial charge in [0.15, 0.2) is 5.82 Å². The molecular formula is C23H25N3O2. The summed E-state index contributed by atoms with van der Waals surface area (Å²) in [5.41, 5.74) is 2.77. The SMILES string of the molecule is CCOC(=O)c1c(-c2ccccc2)nc(-c2ccccc2)nc1N(CC)CC. The van der Waals surface area contributed by atoms with E-state index in [1.165, 1.54) is 0 Å². The number of hydrogen-bond acceptors (Lipinski definition) is 5. The van der Waals surface area contributed by atoms with Crippen LogP contribution in [-0.4, -0.2) is 35.6 Å². The van der Waals surface area contributed by atoms with Crippen molar-refractivity contribution in [3.63, 3.8) is 0 Å². The zero-order valence-electron chi connectivity index (χ0n) is 16.6. The molecule has 0 saturated heterocycles. The van der Waals surface area contributed by atoms with Crippen LogP contribution in [0.2, 0.25) is 0 Å². The average Bonchev–Trinajstić information content (AvgIpc) is 2.75. The Bertz CT molecular complexity index is 923. The van der Waals surface area contributed by atoms with Crippen molar-refractivity contribution < 1.29 is 9.53 Å². The molecule has 0 saturated carbocycles. The molecule has 28 heavy (non-hydrogen) atoms. The molecule has 0 N–H and O–H groups in total. The lowest BCUT2D eigenvalue weighted by atomic mass is 10.0. The first-order valence-electron chi connectivity index (χ1n) is 9.64. The lowest BCUT2D eigenvalue weighted by molar-refractivity contribution is 0.0527. The van der Waals surface area contributed by atoms with Crippen LogP contribution in [0.4, 0.5) is 5.82 Å². The Labute approximate surface area is 166 Å². The first kappa shape index (κ1) is 19.5. The van der Waals surface area contributed by atoms with E-state index in [4.69, 9.17) is 14.7 Å². The number of aromatic nitrogens is 2. The maximum atomic E-state index is 12.9. The normalized spacial score (nSPS) is 10.5. The average molecular weight is 375 g/mol. The fourth-order valence-electron chi connectivity index (χ4n) is 3.11. The molecule has 1 heterocycles. The fraction of sp³-hybridized carbons (Fsp3) is 0.261. The zero-order valence-corrected chi connectivity index (χ0v) is 16.6. The molecule has 0 aliphatic heterocycles. The molecule has 0 atom stereocenters. The fourth-order valence-corrected chi connectivity index (χ4v) is 3.11. The van der Waals surface area contributed by atoms with Gasteiger partial charge in [-0.25, -0.2) is 14.8 Å². The van der Waals surface area contributed by atoms with E-state index >= 15 is 0 Å². The Morgan fingerprint density at radius 3 is 1.96 bits per heavy atom. The number of hydrogen-bond donors (Lipinski definition) is 0. The molecule has 0 radical (unpaired) electrons. The second-order valence-electron chi connectivity index (χ2n) is 6.22. The molecule has 2 aromatic carbocycles. The smallest absolute Gasteiger partial charge is 0.344 e. The van der Waals surface area contributed by atoms with Gasteiger partial charge in [0.1, 0.15) is 11.4 Å². The Balaban J connectivity index is 2.32. The van der Waals surface area contributed by atoms with E-state index in [0.717, 1.165) is 24.2 Å². The third-order valence-corrected chi connectivity index (χ3v) is 4.51. The number of rotatable bonds is 7. The van der Waals surface area contributed by atoms with Crippen LogP contribution in [0.15, 0.2) is 60.7 Å². The summed E-state index contributed by atoms with van der Waals surface area (Å²) in [5.74, 6) is 0.799. The zero-order chi connectivity index (χ0) is 19.9. The van der Waals surface area contributed by atoms with Gasteiger partial charge in [-0.1, -0.05) is 60.7 Å². The third-order valence-electron chi connectivity index (χ3n) is 4.51. The number of nitrogens with zero attached hydrogens (tertiary/aromatic N) is 3. The number of ether oxygens (including phenoxy) is 1. The summed E-state index contributed by atoms with van der Waals surface area (Å²) in [7, 11) is 0. The number of carbonyl (C=O) groups is 1. The van der Waals surface area contributed by atoms with Gasteiger partial charge in [0, 0.05) is 24.2 Å². The summed E-state index contributed by atoms with van der Waals surface area (Å²) in [6.45, 7) is 7.64. The van der Waals surface area contributed by atoms with E-state index in [1.54, 1.807) is 6.92 Å². The molecule has 0 amide bonds. The van der Waals surface area contributed by atoms with Crippen molar-refractivity contribution >= 4 is 11.8 Å². The minimum atomic E-state index is -0.400.